The van der Waals surface area contributed by atoms with Gasteiger partial charge < -0.3 is 20.6 Å². The van der Waals surface area contributed by atoms with Crippen molar-refractivity contribution in [2.75, 3.05) is 6.54 Å². The molecule has 0 spiro atoms. The monoisotopic (exact) mass is 280 g/mol. The van der Waals surface area contributed by atoms with Gasteiger partial charge in [0.15, 0.2) is 0 Å². The van der Waals surface area contributed by atoms with E-state index in [0.717, 1.165) is 0 Å². The number of nitrogens with two attached hydrogens (primary N) is 1. The molecule has 0 aromatic carbocycles. The Hall–Kier alpha value is -2.12. The SMILES string of the molecule is NC(=O)C(=O)NC[C@](O)(c1ccoc1)c1cccs1. The topological polar surface area (TPSA) is 106 Å². The molecule has 0 saturated carbocycles. The third-order valence-corrected chi connectivity index (χ3v) is 3.68. The Balaban J connectivity index is 2.26. The number of hydrogen-bond donors (Lipinski definition) is 3. The number of hydrogen-bond acceptors (Lipinski definition) is 5. The summed E-state index contributed by atoms with van der Waals surface area (Å²) in [6, 6.07) is 5.10. The van der Waals surface area contributed by atoms with Gasteiger partial charge in [0.05, 0.1) is 19.1 Å². The molecule has 6 nitrogen and oxygen atoms in total. The van der Waals surface area contributed by atoms with Crippen molar-refractivity contribution in [3.8, 4) is 0 Å². The molecule has 0 aliphatic heterocycles. The van der Waals surface area contributed by atoms with Gasteiger partial charge in [-0.3, -0.25) is 9.59 Å². The van der Waals surface area contributed by atoms with Crippen LogP contribution >= 0.6 is 11.3 Å². The van der Waals surface area contributed by atoms with Crippen molar-refractivity contribution in [3.63, 3.8) is 0 Å². The lowest BCUT2D eigenvalue weighted by atomic mass is 9.94. The Bertz CT molecular complexity index is 528. The Morgan fingerprint density at radius 2 is 2.26 bits per heavy atom. The van der Waals surface area contributed by atoms with Gasteiger partial charge in [0.1, 0.15) is 5.60 Å². The summed E-state index contributed by atoms with van der Waals surface area (Å²) >= 11 is 1.33. The minimum absolute atomic E-state index is 0.172. The number of carbonyl (C=O) groups excluding carboxylic acids is 2. The second kappa shape index (κ2) is 5.25. The lowest BCUT2D eigenvalue weighted by Crippen LogP contribution is -2.45. The largest absolute Gasteiger partial charge is 0.472 e. The fourth-order valence-electron chi connectivity index (χ4n) is 1.64. The van der Waals surface area contributed by atoms with Crippen molar-refractivity contribution in [3.05, 3.63) is 46.5 Å². The van der Waals surface area contributed by atoms with Gasteiger partial charge in [-0.05, 0) is 17.5 Å². The van der Waals surface area contributed by atoms with Crippen LogP contribution in [-0.4, -0.2) is 23.5 Å². The van der Waals surface area contributed by atoms with Crippen LogP contribution in [0.1, 0.15) is 10.4 Å². The number of primary amides is 1. The third kappa shape index (κ3) is 2.67. The fraction of sp³-hybridized carbons (Fsp3) is 0.167. The zero-order valence-electron chi connectivity index (χ0n) is 9.83. The number of nitrogens with one attached hydrogen (secondary N) is 1. The molecule has 0 bridgehead atoms. The van der Waals surface area contributed by atoms with Gasteiger partial charge in [0.25, 0.3) is 0 Å². The van der Waals surface area contributed by atoms with E-state index in [1.807, 2.05) is 0 Å². The van der Waals surface area contributed by atoms with Crippen LogP contribution in [-0.2, 0) is 15.2 Å². The molecule has 1 atom stereocenters. The minimum atomic E-state index is -1.45. The van der Waals surface area contributed by atoms with Crippen LogP contribution in [0.3, 0.4) is 0 Å². The average Bonchev–Trinajstić information content (AvgIpc) is 3.06. The van der Waals surface area contributed by atoms with Crippen LogP contribution in [0.2, 0.25) is 0 Å². The molecule has 0 fully saturated rings. The Kier molecular flexibility index (Phi) is 3.68. The summed E-state index contributed by atoms with van der Waals surface area (Å²) in [7, 11) is 0. The molecular formula is C12H12N2O4S. The standard InChI is InChI=1S/C12H12N2O4S/c13-10(15)11(16)14-7-12(17,8-3-4-18-6-8)9-2-1-5-19-9/h1-6,17H,7H2,(H2,13,15)(H,14,16)/t12-/m0/s1. The summed E-state index contributed by atoms with van der Waals surface area (Å²) in [5.41, 5.74) is 3.89. The second-order valence-corrected chi connectivity index (χ2v) is 4.84. The minimum Gasteiger partial charge on any atom is -0.472 e. The summed E-state index contributed by atoms with van der Waals surface area (Å²) in [6.07, 6.45) is 2.81. The van der Waals surface area contributed by atoms with Crippen molar-refractivity contribution < 1.29 is 19.1 Å². The van der Waals surface area contributed by atoms with E-state index in [-0.39, 0.29) is 6.54 Å². The smallest absolute Gasteiger partial charge is 0.309 e. The van der Waals surface area contributed by atoms with Gasteiger partial charge in [-0.2, -0.15) is 0 Å². The van der Waals surface area contributed by atoms with Gasteiger partial charge in [0, 0.05) is 10.4 Å². The van der Waals surface area contributed by atoms with E-state index in [0.29, 0.717) is 10.4 Å². The van der Waals surface area contributed by atoms with E-state index in [1.54, 1.807) is 23.6 Å². The molecule has 0 saturated heterocycles. The molecule has 0 unspecified atom stereocenters. The molecule has 7 heteroatoms. The molecule has 2 aromatic heterocycles. The van der Waals surface area contributed by atoms with Crippen molar-refractivity contribution >= 4 is 23.2 Å². The maximum atomic E-state index is 11.2. The van der Waals surface area contributed by atoms with Crippen LogP contribution in [0.25, 0.3) is 0 Å². The van der Waals surface area contributed by atoms with E-state index in [2.05, 4.69) is 5.32 Å². The summed E-state index contributed by atoms with van der Waals surface area (Å²) in [5.74, 6) is -2.04. The van der Waals surface area contributed by atoms with Crippen LogP contribution < -0.4 is 11.1 Å². The normalized spacial score (nSPS) is 13.7. The Morgan fingerprint density at radius 1 is 1.47 bits per heavy atom. The molecular weight excluding hydrogens is 268 g/mol. The van der Waals surface area contributed by atoms with Gasteiger partial charge in [-0.15, -0.1) is 11.3 Å². The van der Waals surface area contributed by atoms with Crippen molar-refractivity contribution in [1.29, 1.82) is 0 Å². The number of thiophene rings is 1. The Morgan fingerprint density at radius 3 is 2.79 bits per heavy atom. The molecule has 4 N–H and O–H groups in total. The summed E-state index contributed by atoms with van der Waals surface area (Å²) in [5, 5.41) is 14.8. The van der Waals surface area contributed by atoms with Crippen LogP contribution in [0, 0.1) is 0 Å². The van der Waals surface area contributed by atoms with E-state index in [1.165, 1.54) is 23.9 Å². The number of amides is 2. The number of furan rings is 1. The van der Waals surface area contributed by atoms with E-state index < -0.39 is 17.4 Å². The molecule has 2 amide bonds. The van der Waals surface area contributed by atoms with Crippen molar-refractivity contribution in [1.82, 2.24) is 5.32 Å². The molecule has 0 aliphatic carbocycles. The van der Waals surface area contributed by atoms with Gasteiger partial charge in [-0.1, -0.05) is 6.07 Å². The first-order valence-electron chi connectivity index (χ1n) is 5.40. The Labute approximate surface area is 112 Å². The zero-order chi connectivity index (χ0) is 13.9. The van der Waals surface area contributed by atoms with Crippen LogP contribution in [0.15, 0.2) is 40.5 Å². The number of carbonyl (C=O) groups is 2. The summed E-state index contributed by atoms with van der Waals surface area (Å²) in [6.45, 7) is -0.172. The first kappa shape index (κ1) is 13.3. The first-order valence-corrected chi connectivity index (χ1v) is 6.28. The van der Waals surface area contributed by atoms with E-state index in [9.17, 15) is 14.7 Å². The van der Waals surface area contributed by atoms with Gasteiger partial charge >= 0.3 is 11.8 Å². The molecule has 2 rings (SSSR count). The zero-order valence-corrected chi connectivity index (χ0v) is 10.6. The fourth-order valence-corrected chi connectivity index (χ4v) is 2.49. The van der Waals surface area contributed by atoms with Gasteiger partial charge in [0.2, 0.25) is 0 Å². The predicted octanol–water partition coefficient (Wildman–Crippen LogP) is 0.179. The second-order valence-electron chi connectivity index (χ2n) is 3.90. The quantitative estimate of drug-likeness (QED) is 0.694. The van der Waals surface area contributed by atoms with Crippen LogP contribution in [0.4, 0.5) is 0 Å². The maximum Gasteiger partial charge on any atom is 0.309 e. The van der Waals surface area contributed by atoms with E-state index in [4.69, 9.17) is 10.2 Å². The maximum absolute atomic E-state index is 11.2. The highest BCUT2D eigenvalue weighted by atomic mass is 32.1. The molecule has 2 heterocycles. The highest BCUT2D eigenvalue weighted by molar-refractivity contribution is 7.10. The molecule has 0 radical (unpaired) electrons. The van der Waals surface area contributed by atoms with Crippen molar-refractivity contribution in [2.45, 2.75) is 5.60 Å². The highest BCUT2D eigenvalue weighted by Crippen LogP contribution is 2.32. The lowest BCUT2D eigenvalue weighted by Gasteiger charge is -2.26. The molecule has 2 aromatic rings. The third-order valence-electron chi connectivity index (χ3n) is 2.66. The number of rotatable bonds is 4. The number of aliphatic hydroxyl groups is 1. The molecule has 19 heavy (non-hydrogen) atoms. The van der Waals surface area contributed by atoms with E-state index >= 15 is 0 Å². The summed E-state index contributed by atoms with van der Waals surface area (Å²) in [4.78, 5) is 22.5. The lowest BCUT2D eigenvalue weighted by molar-refractivity contribution is -0.137. The predicted molar refractivity (Wildman–Crippen MR) is 68.2 cm³/mol. The summed E-state index contributed by atoms with van der Waals surface area (Å²) < 4.78 is 4.95. The first-order chi connectivity index (χ1) is 9.04. The molecule has 0 aliphatic rings. The van der Waals surface area contributed by atoms with Crippen LogP contribution in [0.5, 0.6) is 0 Å². The van der Waals surface area contributed by atoms with Crippen molar-refractivity contribution in [2.24, 2.45) is 5.73 Å². The molecule has 100 valence electrons. The van der Waals surface area contributed by atoms with Gasteiger partial charge in [-0.25, -0.2) is 0 Å². The highest BCUT2D eigenvalue weighted by Gasteiger charge is 2.34. The average molecular weight is 280 g/mol.